The number of hydrogen-bond donors (Lipinski definition) is 1. The van der Waals surface area contributed by atoms with Gasteiger partial charge in [0.25, 0.3) is 0 Å². The standard InChI is InChI=1S/C14H20ClNO/c1-14(2,3)9-12(16-13(17)10-15)11-7-5-4-6-8-11/h4-8,12H,9-10H2,1-3H3,(H,16,17). The lowest BCUT2D eigenvalue weighted by Gasteiger charge is -2.27. The van der Waals surface area contributed by atoms with Crippen molar-refractivity contribution in [3.63, 3.8) is 0 Å². The highest BCUT2D eigenvalue weighted by Gasteiger charge is 2.21. The van der Waals surface area contributed by atoms with Crippen molar-refractivity contribution < 1.29 is 4.79 Å². The normalized spacial score (nSPS) is 13.2. The summed E-state index contributed by atoms with van der Waals surface area (Å²) in [5.74, 6) is -0.113. The Kier molecular flexibility index (Phi) is 5.01. The number of carbonyl (C=O) groups is 1. The number of nitrogens with one attached hydrogen (secondary N) is 1. The van der Waals surface area contributed by atoms with Gasteiger partial charge in [-0.05, 0) is 17.4 Å². The summed E-state index contributed by atoms with van der Waals surface area (Å²) in [6.45, 7) is 6.49. The molecule has 1 N–H and O–H groups in total. The van der Waals surface area contributed by atoms with Crippen LogP contribution in [0.5, 0.6) is 0 Å². The van der Waals surface area contributed by atoms with E-state index in [0.717, 1.165) is 12.0 Å². The summed E-state index contributed by atoms with van der Waals surface area (Å²) in [5.41, 5.74) is 1.28. The summed E-state index contributed by atoms with van der Waals surface area (Å²) in [5, 5.41) is 2.97. The largest absolute Gasteiger partial charge is 0.348 e. The summed E-state index contributed by atoms with van der Waals surface area (Å²) in [7, 11) is 0. The van der Waals surface area contributed by atoms with Crippen LogP contribution in [0.25, 0.3) is 0 Å². The van der Waals surface area contributed by atoms with Gasteiger partial charge in [-0.25, -0.2) is 0 Å². The highest BCUT2D eigenvalue weighted by atomic mass is 35.5. The molecule has 0 radical (unpaired) electrons. The van der Waals surface area contributed by atoms with Crippen molar-refractivity contribution >= 4 is 17.5 Å². The predicted molar refractivity (Wildman–Crippen MR) is 72.1 cm³/mol. The maximum atomic E-state index is 11.4. The van der Waals surface area contributed by atoms with Crippen molar-refractivity contribution in [3.8, 4) is 0 Å². The van der Waals surface area contributed by atoms with Gasteiger partial charge in [-0.3, -0.25) is 4.79 Å². The van der Waals surface area contributed by atoms with Gasteiger partial charge in [-0.2, -0.15) is 0 Å². The van der Waals surface area contributed by atoms with Crippen LogP contribution < -0.4 is 5.32 Å². The molecule has 1 amide bonds. The number of halogens is 1. The Bertz CT molecular complexity index is 356. The first-order chi connectivity index (χ1) is 7.92. The molecule has 0 saturated heterocycles. The van der Waals surface area contributed by atoms with Crippen molar-refractivity contribution in [2.45, 2.75) is 33.2 Å². The summed E-state index contributed by atoms with van der Waals surface area (Å²) >= 11 is 5.54. The van der Waals surface area contributed by atoms with Crippen molar-refractivity contribution in [3.05, 3.63) is 35.9 Å². The van der Waals surface area contributed by atoms with E-state index in [4.69, 9.17) is 11.6 Å². The molecule has 1 rings (SSSR count). The van der Waals surface area contributed by atoms with Gasteiger partial charge in [-0.15, -0.1) is 11.6 Å². The average molecular weight is 254 g/mol. The second-order valence-corrected chi connectivity index (χ2v) is 5.70. The Hall–Kier alpha value is -1.02. The molecule has 1 atom stereocenters. The Morgan fingerprint density at radius 1 is 1.29 bits per heavy atom. The lowest BCUT2D eigenvalue weighted by molar-refractivity contribution is -0.119. The predicted octanol–water partition coefficient (Wildman–Crippen LogP) is 3.52. The first-order valence-corrected chi connectivity index (χ1v) is 6.36. The molecule has 1 aromatic rings. The third-order valence-electron chi connectivity index (χ3n) is 2.48. The first-order valence-electron chi connectivity index (χ1n) is 5.82. The van der Waals surface area contributed by atoms with Crippen LogP contribution in [0.2, 0.25) is 0 Å². The van der Waals surface area contributed by atoms with Gasteiger partial charge in [0.2, 0.25) is 5.91 Å². The molecule has 0 spiro atoms. The Morgan fingerprint density at radius 3 is 2.35 bits per heavy atom. The molecule has 0 saturated carbocycles. The van der Waals surface area contributed by atoms with E-state index < -0.39 is 0 Å². The minimum atomic E-state index is -0.121. The summed E-state index contributed by atoms with van der Waals surface area (Å²) in [4.78, 5) is 11.4. The minimum Gasteiger partial charge on any atom is -0.348 e. The van der Waals surface area contributed by atoms with E-state index in [2.05, 4.69) is 26.1 Å². The zero-order valence-electron chi connectivity index (χ0n) is 10.7. The van der Waals surface area contributed by atoms with Crippen LogP contribution in [0.15, 0.2) is 30.3 Å². The lowest BCUT2D eigenvalue weighted by atomic mass is 9.85. The van der Waals surface area contributed by atoms with Crippen LogP contribution in [0.4, 0.5) is 0 Å². The van der Waals surface area contributed by atoms with Crippen molar-refractivity contribution in [1.29, 1.82) is 0 Å². The van der Waals surface area contributed by atoms with Crippen LogP contribution in [-0.2, 0) is 4.79 Å². The molecule has 0 fully saturated rings. The fraction of sp³-hybridized carbons (Fsp3) is 0.500. The maximum absolute atomic E-state index is 11.4. The van der Waals surface area contributed by atoms with E-state index in [1.54, 1.807) is 0 Å². The molecule has 0 aromatic heterocycles. The molecular formula is C14H20ClNO. The van der Waals surface area contributed by atoms with E-state index in [1.165, 1.54) is 0 Å². The molecule has 1 aromatic carbocycles. The van der Waals surface area contributed by atoms with E-state index in [9.17, 15) is 4.79 Å². The van der Waals surface area contributed by atoms with Crippen LogP contribution in [-0.4, -0.2) is 11.8 Å². The lowest BCUT2D eigenvalue weighted by Crippen LogP contribution is -2.32. The second kappa shape index (κ2) is 6.06. The Balaban J connectivity index is 2.83. The van der Waals surface area contributed by atoms with Gasteiger partial charge in [0.05, 0.1) is 6.04 Å². The zero-order chi connectivity index (χ0) is 12.9. The summed E-state index contributed by atoms with van der Waals surface area (Å²) in [6, 6.07) is 10.0. The molecular weight excluding hydrogens is 234 g/mol. The van der Waals surface area contributed by atoms with Crippen LogP contribution in [0.3, 0.4) is 0 Å². The Morgan fingerprint density at radius 2 is 1.88 bits per heavy atom. The van der Waals surface area contributed by atoms with E-state index in [-0.39, 0.29) is 23.2 Å². The number of rotatable bonds is 4. The molecule has 17 heavy (non-hydrogen) atoms. The first kappa shape index (κ1) is 14.0. The molecule has 0 bridgehead atoms. The number of carbonyl (C=O) groups excluding carboxylic acids is 1. The van der Waals surface area contributed by atoms with Gasteiger partial charge in [0, 0.05) is 0 Å². The molecule has 0 heterocycles. The molecule has 0 aliphatic rings. The van der Waals surface area contributed by atoms with E-state index in [0.29, 0.717) is 0 Å². The van der Waals surface area contributed by atoms with Crippen molar-refractivity contribution in [1.82, 2.24) is 5.32 Å². The van der Waals surface area contributed by atoms with Gasteiger partial charge in [0.1, 0.15) is 5.88 Å². The van der Waals surface area contributed by atoms with Gasteiger partial charge < -0.3 is 5.32 Å². The molecule has 0 aliphatic carbocycles. The molecule has 3 heteroatoms. The highest BCUT2D eigenvalue weighted by Crippen LogP contribution is 2.29. The summed E-state index contributed by atoms with van der Waals surface area (Å²) in [6.07, 6.45) is 0.889. The Labute approximate surface area is 108 Å². The SMILES string of the molecule is CC(C)(C)CC(NC(=O)CCl)c1ccccc1. The number of amides is 1. The van der Waals surface area contributed by atoms with Crippen LogP contribution in [0.1, 0.15) is 38.8 Å². The van der Waals surface area contributed by atoms with Crippen LogP contribution >= 0.6 is 11.6 Å². The fourth-order valence-corrected chi connectivity index (χ4v) is 1.86. The molecule has 2 nitrogen and oxygen atoms in total. The third-order valence-corrected chi connectivity index (χ3v) is 2.72. The van der Waals surface area contributed by atoms with Gasteiger partial charge >= 0.3 is 0 Å². The second-order valence-electron chi connectivity index (χ2n) is 5.43. The minimum absolute atomic E-state index is 0.00742. The topological polar surface area (TPSA) is 29.1 Å². The molecule has 94 valence electrons. The van der Waals surface area contributed by atoms with E-state index in [1.807, 2.05) is 30.3 Å². The number of benzene rings is 1. The van der Waals surface area contributed by atoms with Crippen molar-refractivity contribution in [2.24, 2.45) is 5.41 Å². The highest BCUT2D eigenvalue weighted by molar-refractivity contribution is 6.27. The number of alkyl halides is 1. The third kappa shape index (κ3) is 5.22. The quantitative estimate of drug-likeness (QED) is 0.818. The molecule has 1 unspecified atom stereocenters. The van der Waals surface area contributed by atoms with E-state index >= 15 is 0 Å². The smallest absolute Gasteiger partial charge is 0.235 e. The summed E-state index contributed by atoms with van der Waals surface area (Å²) < 4.78 is 0. The van der Waals surface area contributed by atoms with Gasteiger partial charge in [-0.1, -0.05) is 51.1 Å². The fourth-order valence-electron chi connectivity index (χ4n) is 1.78. The maximum Gasteiger partial charge on any atom is 0.235 e. The van der Waals surface area contributed by atoms with Gasteiger partial charge in [0.15, 0.2) is 0 Å². The van der Waals surface area contributed by atoms with Crippen LogP contribution in [0, 0.1) is 5.41 Å². The monoisotopic (exact) mass is 253 g/mol. The van der Waals surface area contributed by atoms with Crippen molar-refractivity contribution in [2.75, 3.05) is 5.88 Å². The zero-order valence-corrected chi connectivity index (χ0v) is 11.4. The molecule has 0 aliphatic heterocycles. The average Bonchev–Trinajstić information content (AvgIpc) is 2.27. The number of hydrogen-bond acceptors (Lipinski definition) is 1.